The summed E-state index contributed by atoms with van der Waals surface area (Å²) in [5, 5.41) is 0. The lowest BCUT2D eigenvalue weighted by Gasteiger charge is -2.09. The van der Waals surface area contributed by atoms with Crippen LogP contribution in [0.5, 0.6) is 0 Å². The first-order chi connectivity index (χ1) is 9.85. The van der Waals surface area contributed by atoms with Gasteiger partial charge in [-0.2, -0.15) is 0 Å². The highest BCUT2D eigenvalue weighted by Crippen LogP contribution is 1.96. The van der Waals surface area contributed by atoms with Gasteiger partial charge in [0, 0.05) is 19.6 Å². The molecule has 2 nitrogen and oxygen atoms in total. The minimum Gasteiger partial charge on any atom is -0.342 e. The van der Waals surface area contributed by atoms with Crippen molar-refractivity contribution in [1.29, 1.82) is 0 Å². The quantitative estimate of drug-likeness (QED) is 0.400. The minimum absolute atomic E-state index is 0.426. The third-order valence-corrected chi connectivity index (χ3v) is 2.36. The average Bonchev–Trinajstić information content (AvgIpc) is 2.45. The van der Waals surface area contributed by atoms with Gasteiger partial charge in [0.05, 0.1) is 12.8 Å². The van der Waals surface area contributed by atoms with E-state index < -0.39 is 6.29 Å². The van der Waals surface area contributed by atoms with Crippen LogP contribution in [0.15, 0.2) is 0 Å². The predicted octanol–water partition coefficient (Wildman–Crippen LogP) is 3.76. The summed E-state index contributed by atoms with van der Waals surface area (Å²) in [7, 11) is 0. The van der Waals surface area contributed by atoms with Gasteiger partial charge in [-0.15, -0.1) is 5.92 Å². The molecule has 0 saturated heterocycles. The van der Waals surface area contributed by atoms with Crippen molar-refractivity contribution < 1.29 is 9.47 Å². The van der Waals surface area contributed by atoms with Crippen molar-refractivity contribution in [1.82, 2.24) is 0 Å². The Hall–Kier alpha value is -1.40. The van der Waals surface area contributed by atoms with E-state index in [-0.39, 0.29) is 0 Å². The molecule has 2 heteroatoms. The molecular weight excluding hydrogens is 248 g/mol. The first-order valence-electron chi connectivity index (χ1n) is 7.48. The van der Waals surface area contributed by atoms with Gasteiger partial charge in [-0.1, -0.05) is 43.4 Å². The van der Waals surface area contributed by atoms with Crippen molar-refractivity contribution in [3.8, 4) is 35.5 Å². The molecule has 0 saturated carbocycles. The molecule has 0 aliphatic rings. The van der Waals surface area contributed by atoms with Crippen LogP contribution in [-0.2, 0) is 9.47 Å². The summed E-state index contributed by atoms with van der Waals surface area (Å²) in [6.45, 7) is 7.23. The van der Waals surface area contributed by atoms with Crippen LogP contribution >= 0.6 is 0 Å². The molecule has 0 radical (unpaired) electrons. The maximum atomic E-state index is 5.31. The van der Waals surface area contributed by atoms with Gasteiger partial charge in [-0.3, -0.25) is 0 Å². The number of ether oxygens (including phenoxy) is 2. The summed E-state index contributed by atoms with van der Waals surface area (Å²) < 4.78 is 10.6. The fraction of sp³-hybridized carbons (Fsp3) is 0.667. The molecule has 0 amide bonds. The molecule has 20 heavy (non-hydrogen) atoms. The molecule has 0 spiro atoms. The number of rotatable bonds is 7. The highest BCUT2D eigenvalue weighted by atomic mass is 16.7. The highest BCUT2D eigenvalue weighted by Gasteiger charge is 2.00. The monoisotopic (exact) mass is 274 g/mol. The third kappa shape index (κ3) is 13.0. The van der Waals surface area contributed by atoms with E-state index in [4.69, 9.17) is 9.47 Å². The molecule has 0 N–H and O–H groups in total. The topological polar surface area (TPSA) is 18.5 Å². The van der Waals surface area contributed by atoms with Crippen LogP contribution in [0.2, 0.25) is 0 Å². The zero-order valence-corrected chi connectivity index (χ0v) is 13.1. The molecule has 0 aromatic rings. The van der Waals surface area contributed by atoms with Gasteiger partial charge in [0.1, 0.15) is 0 Å². The van der Waals surface area contributed by atoms with Crippen LogP contribution in [0, 0.1) is 35.5 Å². The maximum Gasteiger partial charge on any atom is 0.222 e. The first kappa shape index (κ1) is 18.6. The molecule has 0 unspecified atom stereocenters. The fourth-order valence-electron chi connectivity index (χ4n) is 1.40. The van der Waals surface area contributed by atoms with Crippen LogP contribution in [0.1, 0.15) is 59.3 Å². The largest absolute Gasteiger partial charge is 0.342 e. The predicted molar refractivity (Wildman–Crippen MR) is 83.7 cm³/mol. The second kappa shape index (κ2) is 15.7. The van der Waals surface area contributed by atoms with E-state index in [9.17, 15) is 0 Å². The van der Waals surface area contributed by atoms with Crippen molar-refractivity contribution in [3.63, 3.8) is 0 Å². The van der Waals surface area contributed by atoms with E-state index >= 15 is 0 Å². The average molecular weight is 274 g/mol. The number of hydrogen-bond donors (Lipinski definition) is 0. The van der Waals surface area contributed by atoms with E-state index in [1.54, 1.807) is 0 Å². The molecule has 0 bridgehead atoms. The van der Waals surface area contributed by atoms with Crippen LogP contribution in [-0.4, -0.2) is 19.5 Å². The molecule has 0 heterocycles. The van der Waals surface area contributed by atoms with Gasteiger partial charge in [0.2, 0.25) is 6.29 Å². The summed E-state index contributed by atoms with van der Waals surface area (Å²) in [4.78, 5) is 0. The van der Waals surface area contributed by atoms with E-state index in [0.717, 1.165) is 6.42 Å². The Labute approximate surface area is 124 Å². The summed E-state index contributed by atoms with van der Waals surface area (Å²) >= 11 is 0. The molecule has 0 atom stereocenters. The Bertz CT molecular complexity index is 386. The van der Waals surface area contributed by atoms with Gasteiger partial charge in [-0.05, 0) is 26.2 Å². The molecule has 0 fully saturated rings. The second-order valence-corrected chi connectivity index (χ2v) is 4.08. The molecule has 110 valence electrons. The Balaban J connectivity index is 3.80. The second-order valence-electron chi connectivity index (χ2n) is 4.08. The Kier molecular flexibility index (Phi) is 14.6. The number of hydrogen-bond acceptors (Lipinski definition) is 2. The Morgan fingerprint density at radius 3 is 1.95 bits per heavy atom. The first-order valence-corrected chi connectivity index (χ1v) is 7.48. The zero-order chi connectivity index (χ0) is 14.9. The van der Waals surface area contributed by atoms with E-state index in [0.29, 0.717) is 26.1 Å². The van der Waals surface area contributed by atoms with Crippen molar-refractivity contribution >= 4 is 0 Å². The maximum absolute atomic E-state index is 5.31. The molecule has 0 aromatic carbocycles. The summed E-state index contributed by atoms with van der Waals surface area (Å²) in [5.41, 5.74) is 0. The van der Waals surface area contributed by atoms with E-state index in [1.165, 1.54) is 19.3 Å². The number of unbranched alkanes of at least 4 members (excludes halogenated alkanes) is 3. The lowest BCUT2D eigenvalue weighted by Crippen LogP contribution is -2.14. The van der Waals surface area contributed by atoms with E-state index in [1.807, 2.05) is 13.8 Å². The summed E-state index contributed by atoms with van der Waals surface area (Å²) in [6.07, 6.45) is 5.42. The van der Waals surface area contributed by atoms with Gasteiger partial charge >= 0.3 is 0 Å². The van der Waals surface area contributed by atoms with Crippen LogP contribution in [0.4, 0.5) is 0 Å². The van der Waals surface area contributed by atoms with Gasteiger partial charge in [-0.25, -0.2) is 0 Å². The van der Waals surface area contributed by atoms with Crippen LogP contribution in [0.3, 0.4) is 0 Å². The van der Waals surface area contributed by atoms with Gasteiger partial charge in [0.25, 0.3) is 0 Å². The van der Waals surface area contributed by atoms with E-state index in [2.05, 4.69) is 42.4 Å². The van der Waals surface area contributed by atoms with Crippen molar-refractivity contribution in [2.45, 2.75) is 65.6 Å². The standard InChI is InChI=1S/C18H26O2/c1-4-7-8-9-10-11-12-13-14-15-16-17-18(19-5-2)20-6-3/h18H,4-9,12,15H2,1-3H3. The summed E-state index contributed by atoms with van der Waals surface area (Å²) in [5.74, 6) is 18.1. The SMILES string of the molecule is CCCCCC#CCC#CCC#CC(OCC)OCC. The van der Waals surface area contributed by atoms with Gasteiger partial charge < -0.3 is 9.47 Å². The minimum atomic E-state index is -0.426. The van der Waals surface area contributed by atoms with Crippen LogP contribution in [0.25, 0.3) is 0 Å². The fourth-order valence-corrected chi connectivity index (χ4v) is 1.40. The summed E-state index contributed by atoms with van der Waals surface area (Å²) in [6, 6.07) is 0. The van der Waals surface area contributed by atoms with Gasteiger partial charge in [0.15, 0.2) is 0 Å². The van der Waals surface area contributed by atoms with Crippen molar-refractivity contribution in [3.05, 3.63) is 0 Å². The smallest absolute Gasteiger partial charge is 0.222 e. The molecule has 0 rings (SSSR count). The zero-order valence-electron chi connectivity index (χ0n) is 13.1. The molecule has 0 aliphatic carbocycles. The van der Waals surface area contributed by atoms with Crippen molar-refractivity contribution in [2.24, 2.45) is 0 Å². The lowest BCUT2D eigenvalue weighted by molar-refractivity contribution is -0.0970. The highest BCUT2D eigenvalue weighted by molar-refractivity contribution is 5.16. The van der Waals surface area contributed by atoms with Crippen LogP contribution < -0.4 is 0 Å². The molecule has 0 aliphatic heterocycles. The van der Waals surface area contributed by atoms with Crippen molar-refractivity contribution in [2.75, 3.05) is 13.2 Å². The molecular formula is C18H26O2. The third-order valence-electron chi connectivity index (χ3n) is 2.36. The molecule has 0 aromatic heterocycles. The Morgan fingerprint density at radius 2 is 1.35 bits per heavy atom. The lowest BCUT2D eigenvalue weighted by atomic mass is 10.2. The normalized spacial score (nSPS) is 9.00. The Morgan fingerprint density at radius 1 is 0.750 bits per heavy atom.